The number of carbonyl (C=O) groups excluding carboxylic acids is 1. The number of fused-ring (bicyclic) bond motifs is 1. The normalized spacial score (nSPS) is 18.7. The number of hydrogen-bond acceptors (Lipinski definition) is 12. The van der Waals surface area contributed by atoms with E-state index in [1.165, 1.54) is 19.1 Å². The van der Waals surface area contributed by atoms with Gasteiger partial charge in [0.05, 0.1) is 12.9 Å². The van der Waals surface area contributed by atoms with Gasteiger partial charge in [-0.1, -0.05) is 18.2 Å². The molecule has 17 heteroatoms. The molecule has 1 aliphatic carbocycles. The summed E-state index contributed by atoms with van der Waals surface area (Å²) in [6, 6.07) is 6.65. The number of nitrogens with zero attached hydrogens (tertiary/aromatic N) is 4. The predicted molar refractivity (Wildman–Crippen MR) is 154 cm³/mol. The van der Waals surface area contributed by atoms with E-state index in [4.69, 9.17) is 29.0 Å². The first-order valence-electron chi connectivity index (χ1n) is 14.2. The van der Waals surface area contributed by atoms with E-state index in [0.717, 1.165) is 43.5 Å². The summed E-state index contributed by atoms with van der Waals surface area (Å²) >= 11 is 0. The summed E-state index contributed by atoms with van der Waals surface area (Å²) in [5.74, 6) is -3.96. The molecule has 4 rings (SSSR count). The third-order valence-corrected chi connectivity index (χ3v) is 8.40. The van der Waals surface area contributed by atoms with Crippen molar-refractivity contribution >= 4 is 30.8 Å². The lowest BCUT2D eigenvalue weighted by Gasteiger charge is -2.33. The molecule has 1 fully saturated rings. The van der Waals surface area contributed by atoms with Gasteiger partial charge in [0.2, 0.25) is 11.8 Å². The molecule has 4 N–H and O–H groups in total. The van der Waals surface area contributed by atoms with E-state index >= 15 is 4.39 Å². The minimum atomic E-state index is -4.55. The van der Waals surface area contributed by atoms with E-state index < -0.39 is 51.2 Å². The number of nitrogens with one attached hydrogen (secondary N) is 1. The predicted octanol–water partition coefficient (Wildman–Crippen LogP) is 4.01. The van der Waals surface area contributed by atoms with Crippen LogP contribution in [0.15, 0.2) is 36.7 Å². The average Bonchev–Trinajstić information content (AvgIpc) is 3.65. The Kier molecular flexibility index (Phi) is 11.1. The Morgan fingerprint density at radius 3 is 2.59 bits per heavy atom. The van der Waals surface area contributed by atoms with Gasteiger partial charge in [0.15, 0.2) is 17.4 Å². The fourth-order valence-corrected chi connectivity index (χ4v) is 5.95. The number of nitrogen functional groups attached to an aromatic ring is 1. The van der Waals surface area contributed by atoms with Crippen molar-refractivity contribution in [1.82, 2.24) is 24.6 Å². The van der Waals surface area contributed by atoms with Gasteiger partial charge < -0.3 is 29.6 Å². The minimum absolute atomic E-state index is 0.0215. The van der Waals surface area contributed by atoms with Crippen molar-refractivity contribution in [2.75, 3.05) is 25.6 Å². The highest BCUT2D eigenvalue weighted by Gasteiger charge is 2.45. The van der Waals surface area contributed by atoms with Gasteiger partial charge in [-0.3, -0.25) is 13.9 Å². The zero-order valence-electron chi connectivity index (χ0n) is 24.6. The summed E-state index contributed by atoms with van der Waals surface area (Å²) in [6.07, 6.45) is 0.490. The molecule has 0 saturated heterocycles. The van der Waals surface area contributed by atoms with Crippen LogP contribution in [0.5, 0.6) is 11.6 Å². The molecule has 0 radical (unpaired) electrons. The quantitative estimate of drug-likeness (QED) is 0.151. The molecule has 3 aromatic rings. The average molecular weight is 643 g/mol. The summed E-state index contributed by atoms with van der Waals surface area (Å²) in [7, 11) is -4.55. The number of esters is 1. The van der Waals surface area contributed by atoms with Crippen molar-refractivity contribution in [2.24, 2.45) is 0 Å². The largest absolute Gasteiger partial charge is 0.476 e. The van der Waals surface area contributed by atoms with Crippen LogP contribution in [0.25, 0.3) is 11.2 Å². The maximum Gasteiger partial charge on any atom is 0.459 e. The Balaban J connectivity index is 1.56. The highest BCUT2D eigenvalue weighted by atomic mass is 31.2. The van der Waals surface area contributed by atoms with Crippen LogP contribution in [-0.4, -0.2) is 74.6 Å². The van der Waals surface area contributed by atoms with Gasteiger partial charge in [0.25, 0.3) is 5.85 Å². The van der Waals surface area contributed by atoms with Crippen molar-refractivity contribution in [1.29, 1.82) is 0 Å². The van der Waals surface area contributed by atoms with Crippen LogP contribution in [0.1, 0.15) is 52.7 Å². The second-order valence-electron chi connectivity index (χ2n) is 10.2. The number of aliphatic hydroxyl groups is 1. The zero-order valence-corrected chi connectivity index (χ0v) is 25.5. The molecule has 1 aliphatic rings. The molecular weight excluding hydrogens is 605 g/mol. The van der Waals surface area contributed by atoms with Crippen LogP contribution in [0.4, 0.5) is 14.7 Å². The number of para-hydroxylation sites is 1. The van der Waals surface area contributed by atoms with Gasteiger partial charge in [-0.25, -0.2) is 18.3 Å². The SMILES string of the molecule is CCOc1nc(N)nc2c1ncn2C(CF)OC(F)(COP(=O)(NC(C)C(=O)OC1CCCC1)Oc1ccccc1)[C@H](C)O. The number of carbonyl (C=O) groups is 1. The second-order valence-corrected chi connectivity index (χ2v) is 11.9. The number of aliphatic hydroxyl groups excluding tert-OH is 1. The van der Waals surface area contributed by atoms with E-state index in [0.29, 0.717) is 0 Å². The third-order valence-electron chi connectivity index (χ3n) is 6.78. The first-order valence-corrected chi connectivity index (χ1v) is 15.7. The van der Waals surface area contributed by atoms with Gasteiger partial charge >= 0.3 is 13.7 Å². The number of aromatic nitrogens is 4. The lowest BCUT2D eigenvalue weighted by molar-refractivity contribution is -0.259. The van der Waals surface area contributed by atoms with Crippen LogP contribution in [0.2, 0.25) is 0 Å². The Morgan fingerprint density at radius 1 is 1.25 bits per heavy atom. The molecule has 242 valence electrons. The number of imidazole rings is 1. The monoisotopic (exact) mass is 642 g/mol. The number of halogens is 2. The number of nitrogens with two attached hydrogens (primary N) is 1. The Bertz CT molecular complexity index is 1440. The van der Waals surface area contributed by atoms with Gasteiger partial charge in [0, 0.05) is 0 Å². The second kappa shape index (κ2) is 14.6. The molecular formula is C27H37F2N6O8P. The summed E-state index contributed by atoms with van der Waals surface area (Å²) in [5.41, 5.74) is 5.86. The lowest BCUT2D eigenvalue weighted by Crippen LogP contribution is -2.46. The van der Waals surface area contributed by atoms with E-state index in [9.17, 15) is 18.9 Å². The molecule has 1 saturated carbocycles. The molecule has 2 heterocycles. The fraction of sp³-hybridized carbons (Fsp3) is 0.556. The highest BCUT2D eigenvalue weighted by molar-refractivity contribution is 7.52. The first-order chi connectivity index (χ1) is 21.0. The van der Waals surface area contributed by atoms with Crippen molar-refractivity contribution in [3.8, 4) is 11.6 Å². The van der Waals surface area contributed by atoms with Crippen molar-refractivity contribution < 1.29 is 46.5 Å². The van der Waals surface area contributed by atoms with Crippen LogP contribution < -0.4 is 20.1 Å². The first kappa shape index (κ1) is 33.5. The van der Waals surface area contributed by atoms with Crippen molar-refractivity contribution in [3.05, 3.63) is 36.7 Å². The molecule has 4 unspecified atom stereocenters. The van der Waals surface area contributed by atoms with Crippen LogP contribution in [0, 0.1) is 0 Å². The van der Waals surface area contributed by atoms with Crippen LogP contribution in [-0.2, 0) is 23.4 Å². The summed E-state index contributed by atoms with van der Waals surface area (Å²) in [5, 5.41) is 12.9. The Hall–Kier alpha value is -3.43. The third kappa shape index (κ3) is 8.18. The van der Waals surface area contributed by atoms with E-state index in [1.54, 1.807) is 25.1 Å². The molecule has 44 heavy (non-hydrogen) atoms. The molecule has 0 aliphatic heterocycles. The van der Waals surface area contributed by atoms with Gasteiger partial charge in [-0.15, -0.1) is 0 Å². The molecule has 5 atom stereocenters. The summed E-state index contributed by atoms with van der Waals surface area (Å²) < 4.78 is 72.9. The van der Waals surface area contributed by atoms with Crippen LogP contribution >= 0.6 is 7.75 Å². The number of rotatable bonds is 16. The summed E-state index contributed by atoms with van der Waals surface area (Å²) in [6.45, 7) is 1.85. The standard InChI is InChI=1S/C27H37F2N6O8P/c1-4-39-24-22-23(32-26(30)33-24)35(16-31-22)21(14-28)42-27(29,18(3)36)15-40-44(38,43-20-12-6-5-7-13-20)34-17(2)25(37)41-19-10-8-9-11-19/h5-7,12-13,16-19,21,36H,4,8-11,14-15H2,1-3H3,(H,34,38)(H2,30,32,33)/t17?,18-,21?,27?,44?/m0/s1. The minimum Gasteiger partial charge on any atom is -0.476 e. The molecule has 0 amide bonds. The highest BCUT2D eigenvalue weighted by Crippen LogP contribution is 2.46. The lowest BCUT2D eigenvalue weighted by atomic mass is 10.2. The van der Waals surface area contributed by atoms with E-state index in [1.807, 2.05) is 0 Å². The molecule has 1 aromatic carbocycles. The fourth-order valence-electron chi connectivity index (χ4n) is 4.44. The zero-order chi connectivity index (χ0) is 31.9. The molecule has 0 spiro atoms. The summed E-state index contributed by atoms with van der Waals surface area (Å²) in [4.78, 5) is 24.8. The maximum atomic E-state index is 16.3. The van der Waals surface area contributed by atoms with Crippen molar-refractivity contribution in [3.63, 3.8) is 0 Å². The van der Waals surface area contributed by atoms with E-state index in [2.05, 4.69) is 20.0 Å². The number of anilines is 1. The number of benzene rings is 1. The number of alkyl halides is 2. The maximum absolute atomic E-state index is 16.3. The smallest absolute Gasteiger partial charge is 0.459 e. The van der Waals surface area contributed by atoms with Gasteiger partial charge in [-0.05, 0) is 58.6 Å². The van der Waals surface area contributed by atoms with Gasteiger partial charge in [0.1, 0.15) is 37.3 Å². The Morgan fingerprint density at radius 2 is 1.95 bits per heavy atom. The number of hydrogen-bond donors (Lipinski definition) is 3. The van der Waals surface area contributed by atoms with E-state index in [-0.39, 0.29) is 41.5 Å². The number of ether oxygens (including phenoxy) is 3. The van der Waals surface area contributed by atoms with Crippen LogP contribution in [0.3, 0.4) is 0 Å². The Labute approximate surface area is 252 Å². The molecule has 2 aromatic heterocycles. The molecule has 0 bridgehead atoms. The van der Waals surface area contributed by atoms with Crippen molar-refractivity contribution in [2.45, 2.75) is 76.8 Å². The molecule has 14 nitrogen and oxygen atoms in total. The van der Waals surface area contributed by atoms with Gasteiger partial charge in [-0.2, -0.15) is 15.1 Å². The topological polar surface area (TPSA) is 182 Å².